The van der Waals surface area contributed by atoms with Gasteiger partial charge >= 0.3 is 0 Å². The fraction of sp³-hybridized carbons (Fsp3) is 0.375. The van der Waals surface area contributed by atoms with E-state index in [1.54, 1.807) is 22.6 Å². The Balaban J connectivity index is 3.27. The van der Waals surface area contributed by atoms with Crippen LogP contribution in [0.1, 0.15) is 17.7 Å². The van der Waals surface area contributed by atoms with Crippen LogP contribution in [0.4, 0.5) is 8.78 Å². The number of aromatic nitrogens is 1. The van der Waals surface area contributed by atoms with Crippen LogP contribution in [0.25, 0.3) is 0 Å². The van der Waals surface area contributed by atoms with E-state index in [1.165, 1.54) is 13.2 Å². The molecule has 0 saturated carbocycles. The third-order valence-electron chi connectivity index (χ3n) is 1.62. The van der Waals surface area contributed by atoms with Gasteiger partial charge in [0.2, 0.25) is 5.88 Å². The van der Waals surface area contributed by atoms with Crippen molar-refractivity contribution in [2.24, 2.45) is 0 Å². The summed E-state index contributed by atoms with van der Waals surface area (Å²) in [5, 5.41) is 8.91. The monoisotopic (exact) mass is 315 g/mol. The molecule has 0 aliphatic carbocycles. The van der Waals surface area contributed by atoms with Crippen LogP contribution in [-0.4, -0.2) is 17.2 Å². The molecule has 0 spiro atoms. The maximum atomic E-state index is 12.5. The first-order chi connectivity index (χ1) is 6.60. The minimum atomic E-state index is -2.66. The zero-order chi connectivity index (χ0) is 10.7. The standard InChI is InChI=1S/C8H8F2INO2/c1-14-5-2-4(3-13)6(11)7(12-5)8(9)10/h2,8,13H,3H2,1H3. The van der Waals surface area contributed by atoms with E-state index in [2.05, 4.69) is 4.98 Å². The number of aliphatic hydroxyl groups is 1. The molecule has 0 aliphatic rings. The third-order valence-corrected chi connectivity index (χ3v) is 2.87. The van der Waals surface area contributed by atoms with Gasteiger partial charge in [0.25, 0.3) is 6.43 Å². The fourth-order valence-electron chi connectivity index (χ4n) is 0.941. The quantitative estimate of drug-likeness (QED) is 0.869. The Morgan fingerprint density at radius 1 is 1.64 bits per heavy atom. The molecule has 0 radical (unpaired) electrons. The fourth-order valence-corrected chi connectivity index (χ4v) is 1.62. The van der Waals surface area contributed by atoms with Crippen LogP contribution in [0.3, 0.4) is 0 Å². The van der Waals surface area contributed by atoms with Crippen molar-refractivity contribution in [1.82, 2.24) is 4.98 Å². The van der Waals surface area contributed by atoms with Gasteiger partial charge in [-0.25, -0.2) is 13.8 Å². The summed E-state index contributed by atoms with van der Waals surface area (Å²) in [5.74, 6) is 0.0877. The van der Waals surface area contributed by atoms with Crippen LogP contribution in [0.2, 0.25) is 0 Å². The Kier molecular flexibility index (Phi) is 3.99. The first-order valence-electron chi connectivity index (χ1n) is 3.72. The van der Waals surface area contributed by atoms with Crippen LogP contribution in [-0.2, 0) is 6.61 Å². The Morgan fingerprint density at radius 3 is 2.71 bits per heavy atom. The highest BCUT2D eigenvalue weighted by atomic mass is 127. The van der Waals surface area contributed by atoms with Crippen LogP contribution < -0.4 is 4.74 Å². The summed E-state index contributed by atoms with van der Waals surface area (Å²) in [7, 11) is 1.34. The molecular formula is C8H8F2INO2. The van der Waals surface area contributed by atoms with Crippen molar-refractivity contribution in [3.05, 3.63) is 20.9 Å². The third kappa shape index (κ3) is 2.30. The predicted octanol–water partition coefficient (Wildman–Crippen LogP) is 2.12. The average Bonchev–Trinajstić information content (AvgIpc) is 2.17. The summed E-state index contributed by atoms with van der Waals surface area (Å²) in [6.45, 7) is -0.309. The minimum absolute atomic E-state index is 0.0877. The zero-order valence-corrected chi connectivity index (χ0v) is 9.46. The summed E-state index contributed by atoms with van der Waals surface area (Å²) >= 11 is 1.73. The number of pyridine rings is 1. The Bertz CT molecular complexity index is 333. The molecule has 1 aromatic heterocycles. The molecular weight excluding hydrogens is 307 g/mol. The van der Waals surface area contributed by atoms with E-state index in [4.69, 9.17) is 9.84 Å². The average molecular weight is 315 g/mol. The number of ether oxygens (including phenoxy) is 1. The van der Waals surface area contributed by atoms with Gasteiger partial charge in [-0.05, 0) is 28.2 Å². The maximum Gasteiger partial charge on any atom is 0.281 e. The molecule has 78 valence electrons. The molecule has 1 rings (SSSR count). The largest absolute Gasteiger partial charge is 0.481 e. The van der Waals surface area contributed by atoms with Crippen LogP contribution in [0.5, 0.6) is 5.88 Å². The van der Waals surface area contributed by atoms with Gasteiger partial charge in [0, 0.05) is 9.64 Å². The van der Waals surface area contributed by atoms with Gasteiger partial charge in [-0.2, -0.15) is 0 Å². The van der Waals surface area contributed by atoms with Crippen molar-refractivity contribution in [3.8, 4) is 5.88 Å². The molecule has 0 aliphatic heterocycles. The van der Waals surface area contributed by atoms with E-state index in [9.17, 15) is 8.78 Å². The van der Waals surface area contributed by atoms with Gasteiger partial charge in [0.1, 0.15) is 5.69 Å². The van der Waals surface area contributed by atoms with Crippen molar-refractivity contribution in [2.45, 2.75) is 13.0 Å². The smallest absolute Gasteiger partial charge is 0.281 e. The number of alkyl halides is 2. The second kappa shape index (κ2) is 4.83. The lowest BCUT2D eigenvalue weighted by Crippen LogP contribution is -2.02. The Labute approximate surface area is 93.2 Å². The lowest BCUT2D eigenvalue weighted by atomic mass is 10.2. The van der Waals surface area contributed by atoms with Crippen molar-refractivity contribution in [1.29, 1.82) is 0 Å². The SMILES string of the molecule is COc1cc(CO)c(I)c(C(F)F)n1. The van der Waals surface area contributed by atoms with Crippen molar-refractivity contribution in [3.63, 3.8) is 0 Å². The number of halogens is 3. The predicted molar refractivity (Wildman–Crippen MR) is 54.4 cm³/mol. The number of methoxy groups -OCH3 is 1. The molecule has 0 unspecified atom stereocenters. The molecule has 0 saturated heterocycles. The highest BCUT2D eigenvalue weighted by Gasteiger charge is 2.18. The molecule has 6 heteroatoms. The maximum absolute atomic E-state index is 12.5. The first kappa shape index (κ1) is 11.6. The minimum Gasteiger partial charge on any atom is -0.481 e. The molecule has 1 heterocycles. The molecule has 0 bridgehead atoms. The molecule has 14 heavy (non-hydrogen) atoms. The number of aliphatic hydroxyl groups excluding tert-OH is 1. The summed E-state index contributed by atoms with van der Waals surface area (Å²) in [5.41, 5.74) is 0.0433. The topological polar surface area (TPSA) is 42.4 Å². The van der Waals surface area contributed by atoms with E-state index in [-0.39, 0.29) is 21.8 Å². The Hall–Kier alpha value is -0.500. The van der Waals surface area contributed by atoms with E-state index < -0.39 is 6.43 Å². The molecule has 0 fully saturated rings. The van der Waals surface area contributed by atoms with E-state index in [0.717, 1.165) is 0 Å². The van der Waals surface area contributed by atoms with Crippen LogP contribution >= 0.6 is 22.6 Å². The van der Waals surface area contributed by atoms with Crippen LogP contribution in [0, 0.1) is 3.57 Å². The van der Waals surface area contributed by atoms with Crippen molar-refractivity contribution >= 4 is 22.6 Å². The summed E-state index contributed by atoms with van der Waals surface area (Å²) in [6.07, 6.45) is -2.66. The van der Waals surface area contributed by atoms with Gasteiger partial charge < -0.3 is 9.84 Å². The highest BCUT2D eigenvalue weighted by molar-refractivity contribution is 14.1. The summed E-state index contributed by atoms with van der Waals surface area (Å²) in [4.78, 5) is 3.61. The second-order valence-electron chi connectivity index (χ2n) is 2.48. The van der Waals surface area contributed by atoms with Crippen molar-refractivity contribution in [2.75, 3.05) is 7.11 Å². The summed E-state index contributed by atoms with van der Waals surface area (Å²) < 4.78 is 29.9. The number of rotatable bonds is 3. The van der Waals surface area contributed by atoms with Crippen LogP contribution in [0.15, 0.2) is 6.07 Å². The molecule has 1 aromatic rings. The van der Waals surface area contributed by atoms with Gasteiger partial charge in [0.15, 0.2) is 0 Å². The van der Waals surface area contributed by atoms with Gasteiger partial charge in [-0.3, -0.25) is 0 Å². The van der Waals surface area contributed by atoms with Gasteiger partial charge in [0.05, 0.1) is 13.7 Å². The van der Waals surface area contributed by atoms with Crippen molar-refractivity contribution < 1.29 is 18.6 Å². The number of hydrogen-bond donors (Lipinski definition) is 1. The first-order valence-corrected chi connectivity index (χ1v) is 4.80. The number of hydrogen-bond acceptors (Lipinski definition) is 3. The second-order valence-corrected chi connectivity index (χ2v) is 3.56. The molecule has 0 aromatic carbocycles. The zero-order valence-electron chi connectivity index (χ0n) is 7.30. The van der Waals surface area contributed by atoms with Gasteiger partial charge in [-0.15, -0.1) is 0 Å². The molecule has 1 N–H and O–H groups in total. The van der Waals surface area contributed by atoms with E-state index in [1.807, 2.05) is 0 Å². The lowest BCUT2D eigenvalue weighted by Gasteiger charge is -2.09. The van der Waals surface area contributed by atoms with E-state index in [0.29, 0.717) is 5.56 Å². The Morgan fingerprint density at radius 2 is 2.29 bits per heavy atom. The van der Waals surface area contributed by atoms with E-state index >= 15 is 0 Å². The lowest BCUT2D eigenvalue weighted by molar-refractivity contribution is 0.143. The molecule has 0 amide bonds. The van der Waals surface area contributed by atoms with Gasteiger partial charge in [-0.1, -0.05) is 0 Å². The summed E-state index contributed by atoms with van der Waals surface area (Å²) in [6, 6.07) is 1.44. The molecule has 0 atom stereocenters. The normalized spacial score (nSPS) is 10.7. The molecule has 3 nitrogen and oxygen atoms in total. The highest BCUT2D eigenvalue weighted by Crippen LogP contribution is 2.28. The number of nitrogens with zero attached hydrogens (tertiary/aromatic N) is 1.